The van der Waals surface area contributed by atoms with Gasteiger partial charge >= 0.3 is 0 Å². The van der Waals surface area contributed by atoms with Gasteiger partial charge in [0.05, 0.1) is 11.2 Å². The van der Waals surface area contributed by atoms with Crippen LogP contribution >= 0.6 is 8.53 Å². The summed E-state index contributed by atoms with van der Waals surface area (Å²) in [6, 6.07) is 0.872. The summed E-state index contributed by atoms with van der Waals surface area (Å²) in [7, 11) is -0.957. The predicted octanol–water partition coefficient (Wildman–Crippen LogP) is 4.33. The fourth-order valence-electron chi connectivity index (χ4n) is 2.60. The van der Waals surface area contributed by atoms with Crippen molar-refractivity contribution in [3.8, 4) is 0 Å². The Bertz CT molecular complexity index is 240. The average Bonchev–Trinajstić information content (AvgIpc) is 1.93. The Hall–Kier alpha value is 0.310. The zero-order chi connectivity index (χ0) is 13.4. The van der Waals surface area contributed by atoms with Crippen LogP contribution in [0.2, 0.25) is 0 Å². The second-order valence-electron chi connectivity index (χ2n) is 6.68. The van der Waals surface area contributed by atoms with Crippen molar-refractivity contribution in [2.75, 3.05) is 0 Å². The van der Waals surface area contributed by atoms with Crippen molar-refractivity contribution in [2.24, 2.45) is 0 Å². The number of nitrogens with zero attached hydrogens (tertiary/aromatic N) is 1. The smallest absolute Gasteiger partial charge is 0.260 e. The van der Waals surface area contributed by atoms with E-state index in [1.54, 1.807) is 0 Å². The van der Waals surface area contributed by atoms with E-state index in [2.05, 4.69) is 60.1 Å². The minimum Gasteiger partial charge on any atom is -0.316 e. The lowest BCUT2D eigenvalue weighted by Crippen LogP contribution is -2.45. The minimum absolute atomic E-state index is 0.102. The van der Waals surface area contributed by atoms with E-state index in [0.29, 0.717) is 12.1 Å². The Morgan fingerprint density at radius 2 is 1.24 bits per heavy atom. The van der Waals surface area contributed by atoms with Crippen LogP contribution in [0.1, 0.15) is 61.8 Å². The first-order chi connectivity index (χ1) is 7.54. The van der Waals surface area contributed by atoms with Gasteiger partial charge in [-0.3, -0.25) is 0 Å². The number of rotatable bonds is 3. The van der Waals surface area contributed by atoms with Crippen molar-refractivity contribution in [1.29, 1.82) is 0 Å². The topological polar surface area (TPSA) is 21.7 Å². The zero-order valence-electron chi connectivity index (χ0n) is 12.6. The van der Waals surface area contributed by atoms with Crippen molar-refractivity contribution in [3.05, 3.63) is 0 Å². The number of hydrogen-bond donors (Lipinski definition) is 0. The fourth-order valence-corrected chi connectivity index (χ4v) is 4.55. The van der Waals surface area contributed by atoms with Gasteiger partial charge in [0.15, 0.2) is 0 Å². The summed E-state index contributed by atoms with van der Waals surface area (Å²) in [5.41, 5.74) is -0.203. The Morgan fingerprint density at radius 1 is 0.882 bits per heavy atom. The van der Waals surface area contributed by atoms with Crippen LogP contribution in [0.25, 0.3) is 0 Å². The third-order valence-electron chi connectivity index (χ3n) is 2.75. The quantitative estimate of drug-likeness (QED) is 0.706. The SMILES string of the molecule is CC(C)N(C(C)C)P1OC(C)(C)CC(C)(C)O1. The van der Waals surface area contributed by atoms with Crippen LogP contribution in [-0.4, -0.2) is 28.0 Å². The molecule has 0 N–H and O–H groups in total. The highest BCUT2D eigenvalue weighted by molar-refractivity contribution is 7.44. The Morgan fingerprint density at radius 3 is 1.53 bits per heavy atom. The van der Waals surface area contributed by atoms with Crippen molar-refractivity contribution in [2.45, 2.75) is 85.1 Å². The molecule has 1 rings (SSSR count). The average molecular weight is 261 g/mol. The van der Waals surface area contributed by atoms with E-state index in [4.69, 9.17) is 9.05 Å². The zero-order valence-corrected chi connectivity index (χ0v) is 13.5. The monoisotopic (exact) mass is 261 g/mol. The van der Waals surface area contributed by atoms with E-state index >= 15 is 0 Å². The van der Waals surface area contributed by atoms with Crippen LogP contribution < -0.4 is 0 Å². The van der Waals surface area contributed by atoms with Crippen molar-refractivity contribution in [3.63, 3.8) is 0 Å². The Labute approximate surface area is 108 Å². The molecule has 0 saturated carbocycles. The Kier molecular flexibility index (Phi) is 4.63. The maximum atomic E-state index is 6.16. The highest BCUT2D eigenvalue weighted by atomic mass is 31.2. The summed E-state index contributed by atoms with van der Waals surface area (Å²) in [4.78, 5) is 0. The molecule has 0 atom stereocenters. The molecule has 3 nitrogen and oxygen atoms in total. The molecule has 1 aliphatic rings. The highest BCUT2D eigenvalue weighted by Gasteiger charge is 2.44. The van der Waals surface area contributed by atoms with Crippen molar-refractivity contribution >= 4 is 8.53 Å². The molecule has 102 valence electrons. The summed E-state index contributed by atoms with van der Waals surface area (Å²) in [5.74, 6) is 0. The lowest BCUT2D eigenvalue weighted by Gasteiger charge is -2.48. The van der Waals surface area contributed by atoms with E-state index in [1.165, 1.54) is 0 Å². The molecule has 0 amide bonds. The van der Waals surface area contributed by atoms with Gasteiger partial charge in [-0.2, -0.15) is 0 Å². The van der Waals surface area contributed by atoms with E-state index in [1.807, 2.05) is 0 Å². The van der Waals surface area contributed by atoms with Gasteiger partial charge in [0.1, 0.15) is 0 Å². The maximum Gasteiger partial charge on any atom is 0.260 e. The van der Waals surface area contributed by atoms with Gasteiger partial charge in [0.2, 0.25) is 0 Å². The largest absolute Gasteiger partial charge is 0.316 e. The van der Waals surface area contributed by atoms with Crippen LogP contribution in [0.5, 0.6) is 0 Å². The molecular weight excluding hydrogens is 233 g/mol. The second kappa shape index (κ2) is 5.13. The molecule has 0 aromatic carbocycles. The summed E-state index contributed by atoms with van der Waals surface area (Å²) in [6.45, 7) is 17.4. The summed E-state index contributed by atoms with van der Waals surface area (Å²) < 4.78 is 14.7. The van der Waals surface area contributed by atoms with E-state index in [0.717, 1.165) is 6.42 Å². The minimum atomic E-state index is -0.957. The summed E-state index contributed by atoms with van der Waals surface area (Å²) in [5, 5.41) is 0. The molecule has 4 heteroatoms. The van der Waals surface area contributed by atoms with E-state index in [-0.39, 0.29) is 11.2 Å². The van der Waals surface area contributed by atoms with Crippen molar-refractivity contribution in [1.82, 2.24) is 4.67 Å². The molecule has 0 aromatic rings. The van der Waals surface area contributed by atoms with Crippen LogP contribution in [0, 0.1) is 0 Å². The second-order valence-corrected chi connectivity index (χ2v) is 7.99. The van der Waals surface area contributed by atoms with Gasteiger partial charge in [0.25, 0.3) is 8.53 Å². The van der Waals surface area contributed by atoms with Gasteiger partial charge < -0.3 is 9.05 Å². The Balaban J connectivity index is 2.89. The van der Waals surface area contributed by atoms with Gasteiger partial charge in [-0.15, -0.1) is 0 Å². The number of hydrogen-bond acceptors (Lipinski definition) is 3. The van der Waals surface area contributed by atoms with Gasteiger partial charge in [0, 0.05) is 18.5 Å². The first-order valence-electron chi connectivity index (χ1n) is 6.51. The standard InChI is InChI=1S/C13H28NO2P/c1-10(2)14(11(3)4)17-15-12(5,6)9-13(7,8)16-17/h10-11H,9H2,1-8H3. The van der Waals surface area contributed by atoms with Crippen LogP contribution in [0.15, 0.2) is 0 Å². The molecule has 0 aliphatic carbocycles. The summed E-state index contributed by atoms with van der Waals surface area (Å²) >= 11 is 0. The van der Waals surface area contributed by atoms with Gasteiger partial charge in [-0.25, -0.2) is 4.67 Å². The fraction of sp³-hybridized carbons (Fsp3) is 1.00. The predicted molar refractivity (Wildman–Crippen MR) is 74.0 cm³/mol. The molecule has 1 fully saturated rings. The first kappa shape index (κ1) is 15.4. The lowest BCUT2D eigenvalue weighted by molar-refractivity contribution is -0.0615. The van der Waals surface area contributed by atoms with E-state index in [9.17, 15) is 0 Å². The molecule has 0 unspecified atom stereocenters. The molecule has 0 radical (unpaired) electrons. The van der Waals surface area contributed by atoms with Gasteiger partial charge in [-0.05, 0) is 55.4 Å². The first-order valence-corrected chi connectivity index (χ1v) is 7.64. The van der Waals surface area contributed by atoms with E-state index < -0.39 is 8.53 Å². The normalized spacial score (nSPS) is 24.9. The van der Waals surface area contributed by atoms with Crippen LogP contribution in [0.4, 0.5) is 0 Å². The maximum absolute atomic E-state index is 6.16. The third-order valence-corrected chi connectivity index (χ3v) is 5.35. The van der Waals surface area contributed by atoms with Gasteiger partial charge in [-0.1, -0.05) is 0 Å². The highest BCUT2D eigenvalue weighted by Crippen LogP contribution is 2.57. The molecule has 1 heterocycles. The molecule has 17 heavy (non-hydrogen) atoms. The van der Waals surface area contributed by atoms with Crippen LogP contribution in [0.3, 0.4) is 0 Å². The molecule has 1 aliphatic heterocycles. The molecule has 0 aromatic heterocycles. The van der Waals surface area contributed by atoms with Crippen molar-refractivity contribution < 1.29 is 9.05 Å². The molecular formula is C13H28NO2P. The molecule has 0 bridgehead atoms. The molecule has 0 spiro atoms. The molecule has 1 saturated heterocycles. The third kappa shape index (κ3) is 4.17. The summed E-state index contributed by atoms with van der Waals surface area (Å²) in [6.07, 6.45) is 0.933. The lowest BCUT2D eigenvalue weighted by atomic mass is 9.93. The van der Waals surface area contributed by atoms with Crippen LogP contribution in [-0.2, 0) is 9.05 Å².